The molecule has 0 aliphatic carbocycles. The molecule has 0 unspecified atom stereocenters. The van der Waals surface area contributed by atoms with Crippen molar-refractivity contribution in [1.29, 1.82) is 0 Å². The van der Waals surface area contributed by atoms with Crippen LogP contribution in [0.5, 0.6) is 0 Å². The summed E-state index contributed by atoms with van der Waals surface area (Å²) in [6, 6.07) is 13.6. The van der Waals surface area contributed by atoms with E-state index >= 15 is 0 Å². The van der Waals surface area contributed by atoms with E-state index in [2.05, 4.69) is 12.2 Å². The average Bonchev–Trinajstić information content (AvgIpc) is 3.09. The lowest BCUT2D eigenvalue weighted by Gasteiger charge is -2.09. The standard InChI is InChI=1S/C18H14O2/c1-11-2-4-12(5-3-11)18(19)13-6-7-14-15(10-13)17-9-8-16(14)20-17/h2-10,16-17H,1H3/t16-,17+/m1/s1. The zero-order valence-electron chi connectivity index (χ0n) is 11.2. The van der Waals surface area contributed by atoms with Gasteiger partial charge in [0, 0.05) is 11.1 Å². The molecular formula is C18H14O2. The molecule has 2 aliphatic heterocycles. The van der Waals surface area contributed by atoms with Crippen molar-refractivity contribution in [3.05, 3.63) is 82.4 Å². The van der Waals surface area contributed by atoms with E-state index in [1.165, 1.54) is 5.56 Å². The van der Waals surface area contributed by atoms with Gasteiger partial charge in [-0.3, -0.25) is 4.79 Å². The monoisotopic (exact) mass is 262 g/mol. The molecule has 0 N–H and O–H groups in total. The molecule has 2 bridgehead atoms. The Labute approximate surface area is 117 Å². The summed E-state index contributed by atoms with van der Waals surface area (Å²) in [5, 5.41) is 0. The van der Waals surface area contributed by atoms with E-state index in [1.54, 1.807) is 0 Å². The van der Waals surface area contributed by atoms with E-state index in [0.717, 1.165) is 22.3 Å². The van der Waals surface area contributed by atoms with Crippen LogP contribution in [-0.4, -0.2) is 5.78 Å². The minimum Gasteiger partial charge on any atom is -0.357 e. The van der Waals surface area contributed by atoms with Gasteiger partial charge >= 0.3 is 0 Å². The molecule has 2 aromatic carbocycles. The molecule has 2 nitrogen and oxygen atoms in total. The fraction of sp³-hybridized carbons (Fsp3) is 0.167. The Morgan fingerprint density at radius 2 is 1.55 bits per heavy atom. The number of carbonyl (C=O) groups is 1. The van der Waals surface area contributed by atoms with Gasteiger partial charge in [0.2, 0.25) is 0 Å². The molecule has 2 aliphatic rings. The van der Waals surface area contributed by atoms with Crippen molar-refractivity contribution in [3.8, 4) is 0 Å². The van der Waals surface area contributed by atoms with Crippen LogP contribution in [0, 0.1) is 6.92 Å². The zero-order chi connectivity index (χ0) is 13.7. The Bertz CT molecular complexity index is 726. The number of hydrogen-bond acceptors (Lipinski definition) is 2. The minimum absolute atomic E-state index is 0.0285. The second-order valence-corrected chi connectivity index (χ2v) is 5.40. The van der Waals surface area contributed by atoms with Crippen LogP contribution < -0.4 is 0 Å². The summed E-state index contributed by atoms with van der Waals surface area (Å²) in [5.74, 6) is 0.0690. The van der Waals surface area contributed by atoms with E-state index in [4.69, 9.17) is 4.74 Å². The van der Waals surface area contributed by atoms with Gasteiger partial charge in [0.25, 0.3) is 0 Å². The first-order valence-corrected chi connectivity index (χ1v) is 6.81. The summed E-state index contributed by atoms with van der Waals surface area (Å²) >= 11 is 0. The maximum atomic E-state index is 12.5. The highest BCUT2D eigenvalue weighted by Gasteiger charge is 2.33. The predicted octanol–water partition coefficient (Wildman–Crippen LogP) is 3.91. The van der Waals surface area contributed by atoms with Crippen molar-refractivity contribution in [2.24, 2.45) is 0 Å². The van der Waals surface area contributed by atoms with Crippen molar-refractivity contribution < 1.29 is 9.53 Å². The van der Waals surface area contributed by atoms with E-state index < -0.39 is 0 Å². The molecule has 0 fully saturated rings. The first kappa shape index (κ1) is 11.6. The Hall–Kier alpha value is -2.19. The fourth-order valence-corrected chi connectivity index (χ4v) is 2.90. The molecule has 0 aromatic heterocycles. The predicted molar refractivity (Wildman–Crippen MR) is 76.8 cm³/mol. The van der Waals surface area contributed by atoms with Crippen molar-refractivity contribution >= 4 is 5.78 Å². The largest absolute Gasteiger partial charge is 0.357 e. The molecule has 0 spiro atoms. The van der Waals surface area contributed by atoms with Crippen LogP contribution in [0.2, 0.25) is 0 Å². The van der Waals surface area contributed by atoms with E-state index in [1.807, 2.05) is 49.4 Å². The second-order valence-electron chi connectivity index (χ2n) is 5.40. The number of rotatable bonds is 2. The van der Waals surface area contributed by atoms with Gasteiger partial charge in [-0.2, -0.15) is 0 Å². The van der Waals surface area contributed by atoms with Gasteiger partial charge in [-0.15, -0.1) is 0 Å². The van der Waals surface area contributed by atoms with E-state index in [0.29, 0.717) is 0 Å². The number of ether oxygens (including phenoxy) is 1. The van der Waals surface area contributed by atoms with Crippen LogP contribution in [0.15, 0.2) is 54.6 Å². The summed E-state index contributed by atoms with van der Waals surface area (Å²) in [5.41, 5.74) is 4.95. The van der Waals surface area contributed by atoms with Gasteiger partial charge in [-0.25, -0.2) is 0 Å². The highest BCUT2D eigenvalue weighted by Crippen LogP contribution is 2.45. The number of benzene rings is 2. The van der Waals surface area contributed by atoms with E-state index in [9.17, 15) is 4.79 Å². The van der Waals surface area contributed by atoms with Gasteiger partial charge < -0.3 is 4.74 Å². The molecule has 0 saturated heterocycles. The Morgan fingerprint density at radius 1 is 0.900 bits per heavy atom. The fourth-order valence-electron chi connectivity index (χ4n) is 2.90. The maximum absolute atomic E-state index is 12.5. The molecule has 0 saturated carbocycles. The Morgan fingerprint density at radius 3 is 2.30 bits per heavy atom. The van der Waals surface area contributed by atoms with Gasteiger partial charge in [0.05, 0.1) is 0 Å². The first-order chi connectivity index (χ1) is 9.72. The van der Waals surface area contributed by atoms with Crippen LogP contribution in [0.4, 0.5) is 0 Å². The normalized spacial score (nSPS) is 22.1. The first-order valence-electron chi connectivity index (χ1n) is 6.81. The molecule has 0 radical (unpaired) electrons. The third kappa shape index (κ3) is 1.65. The highest BCUT2D eigenvalue weighted by molar-refractivity contribution is 6.09. The van der Waals surface area contributed by atoms with Gasteiger partial charge in [0.1, 0.15) is 12.2 Å². The number of ketones is 1. The van der Waals surface area contributed by atoms with Crippen LogP contribution in [0.1, 0.15) is 44.8 Å². The molecule has 2 aromatic rings. The van der Waals surface area contributed by atoms with Crippen molar-refractivity contribution in [2.75, 3.05) is 0 Å². The smallest absolute Gasteiger partial charge is 0.193 e. The molecule has 20 heavy (non-hydrogen) atoms. The van der Waals surface area contributed by atoms with Crippen molar-refractivity contribution in [2.45, 2.75) is 19.1 Å². The number of hydrogen-bond donors (Lipinski definition) is 0. The lowest BCUT2D eigenvalue weighted by Crippen LogP contribution is -2.03. The highest BCUT2D eigenvalue weighted by atomic mass is 16.5. The summed E-state index contributed by atoms with van der Waals surface area (Å²) in [6.45, 7) is 2.02. The topological polar surface area (TPSA) is 26.3 Å². The Kier molecular flexibility index (Phi) is 2.41. The summed E-state index contributed by atoms with van der Waals surface area (Å²) in [4.78, 5) is 12.5. The maximum Gasteiger partial charge on any atom is 0.193 e. The molecule has 98 valence electrons. The van der Waals surface area contributed by atoms with Crippen LogP contribution in [-0.2, 0) is 4.74 Å². The number of fused-ring (bicyclic) bond motifs is 5. The zero-order valence-corrected chi connectivity index (χ0v) is 11.2. The van der Waals surface area contributed by atoms with Gasteiger partial charge in [-0.05, 0) is 24.1 Å². The van der Waals surface area contributed by atoms with Crippen LogP contribution >= 0.6 is 0 Å². The van der Waals surface area contributed by atoms with Crippen LogP contribution in [0.25, 0.3) is 0 Å². The minimum atomic E-state index is 0.0285. The molecular weight excluding hydrogens is 248 g/mol. The molecule has 2 atom stereocenters. The molecule has 2 heteroatoms. The summed E-state index contributed by atoms with van der Waals surface area (Å²) in [7, 11) is 0. The SMILES string of the molecule is Cc1ccc(C(=O)c2ccc3c(c2)[C@@H]2C=C[C@H]3O2)cc1. The van der Waals surface area contributed by atoms with Crippen molar-refractivity contribution in [1.82, 2.24) is 0 Å². The molecule has 0 amide bonds. The third-order valence-corrected chi connectivity index (χ3v) is 4.03. The molecule has 2 heterocycles. The quantitative estimate of drug-likeness (QED) is 0.606. The number of aryl methyl sites for hydroxylation is 1. The average molecular weight is 262 g/mol. The lowest BCUT2D eigenvalue weighted by atomic mass is 9.92. The van der Waals surface area contributed by atoms with Gasteiger partial charge in [-0.1, -0.05) is 54.1 Å². The number of carbonyl (C=O) groups excluding carboxylic acids is 1. The summed E-state index contributed by atoms with van der Waals surface area (Å²) in [6.07, 6.45) is 4.25. The third-order valence-electron chi connectivity index (χ3n) is 4.03. The lowest BCUT2D eigenvalue weighted by molar-refractivity contribution is 0.0878. The van der Waals surface area contributed by atoms with Gasteiger partial charge in [0.15, 0.2) is 5.78 Å². The Balaban J connectivity index is 1.72. The van der Waals surface area contributed by atoms with Crippen molar-refractivity contribution in [3.63, 3.8) is 0 Å². The summed E-state index contributed by atoms with van der Waals surface area (Å²) < 4.78 is 5.78. The second kappa shape index (κ2) is 4.15. The molecule has 4 rings (SSSR count). The van der Waals surface area contributed by atoms with E-state index in [-0.39, 0.29) is 18.0 Å². The van der Waals surface area contributed by atoms with Crippen LogP contribution in [0.3, 0.4) is 0 Å².